The van der Waals surface area contributed by atoms with Gasteiger partial charge in [0.15, 0.2) is 11.5 Å². The maximum absolute atomic E-state index is 13.9. The highest BCUT2D eigenvalue weighted by atomic mass is 32.2. The molecule has 14 heteroatoms. The summed E-state index contributed by atoms with van der Waals surface area (Å²) in [7, 11) is -3.99. The molecule has 0 spiro atoms. The van der Waals surface area contributed by atoms with Crippen LogP contribution in [-0.2, 0) is 24.8 Å². The number of aliphatic imine (C=N–C) groups is 2. The number of rotatable bonds is 9. The first kappa shape index (κ1) is 29.7. The second-order valence-corrected chi connectivity index (χ2v) is 12.7. The molecule has 0 saturated carbocycles. The molecule has 216 valence electrons. The molecule has 0 saturated heterocycles. The molecule has 0 aromatic heterocycles. The monoisotopic (exact) mass is 598 g/mol. The molecule has 1 amide bonds. The molecule has 1 aliphatic rings. The lowest BCUT2D eigenvalue weighted by atomic mass is 10.1. The molecule has 0 aliphatic carbocycles. The summed E-state index contributed by atoms with van der Waals surface area (Å²) in [6.07, 6.45) is 0. The van der Waals surface area contributed by atoms with Gasteiger partial charge in [0.05, 0.1) is 29.1 Å². The lowest BCUT2D eigenvalue weighted by Crippen LogP contribution is -2.44. The summed E-state index contributed by atoms with van der Waals surface area (Å²) < 4.78 is 60.1. The normalized spacial score (nSPS) is 14.6. The van der Waals surface area contributed by atoms with Crippen LogP contribution in [0.3, 0.4) is 0 Å². The number of anilines is 2. The molecule has 1 aliphatic heterocycles. The molecule has 3 aromatic rings. The maximum Gasteiger partial charge on any atom is 0.278 e. The van der Waals surface area contributed by atoms with Crippen molar-refractivity contribution >= 4 is 60.3 Å². The molecule has 3 N–H and O–H groups in total. The zero-order valence-corrected chi connectivity index (χ0v) is 24.7. The van der Waals surface area contributed by atoms with Crippen LogP contribution in [0.1, 0.15) is 12.5 Å². The first-order chi connectivity index (χ1) is 19.4. The van der Waals surface area contributed by atoms with Crippen molar-refractivity contribution in [1.82, 2.24) is 9.03 Å². The smallest absolute Gasteiger partial charge is 0.278 e. The van der Waals surface area contributed by atoms with Crippen LogP contribution in [0.25, 0.3) is 0 Å². The van der Waals surface area contributed by atoms with E-state index in [1.54, 1.807) is 24.3 Å². The second kappa shape index (κ2) is 11.7. The fourth-order valence-corrected chi connectivity index (χ4v) is 6.12. The Morgan fingerprint density at radius 2 is 1.83 bits per heavy atom. The summed E-state index contributed by atoms with van der Waals surface area (Å²) in [6, 6.07) is 15.5. The highest BCUT2D eigenvalue weighted by Crippen LogP contribution is 2.33. The van der Waals surface area contributed by atoms with Crippen LogP contribution in [0.15, 0.2) is 80.4 Å². The van der Waals surface area contributed by atoms with E-state index in [2.05, 4.69) is 25.3 Å². The van der Waals surface area contributed by atoms with E-state index in [1.165, 1.54) is 51.5 Å². The van der Waals surface area contributed by atoms with Gasteiger partial charge in [0, 0.05) is 19.3 Å². The van der Waals surface area contributed by atoms with Gasteiger partial charge in [-0.1, -0.05) is 12.1 Å². The third-order valence-electron chi connectivity index (χ3n) is 6.26. The van der Waals surface area contributed by atoms with E-state index in [0.29, 0.717) is 12.2 Å². The topological polar surface area (TPSA) is 159 Å². The van der Waals surface area contributed by atoms with Crippen molar-refractivity contribution in [2.24, 2.45) is 9.98 Å². The lowest BCUT2D eigenvalue weighted by molar-refractivity contribution is -0.110. The Hall–Kier alpha value is -4.27. The van der Waals surface area contributed by atoms with Crippen LogP contribution in [0.5, 0.6) is 5.75 Å². The number of benzene rings is 3. The number of amidine groups is 1. The van der Waals surface area contributed by atoms with Gasteiger partial charge in [0.1, 0.15) is 10.6 Å². The Labute approximate surface area is 239 Å². The summed E-state index contributed by atoms with van der Waals surface area (Å²) in [6.45, 7) is 4.48. The van der Waals surface area contributed by atoms with Crippen molar-refractivity contribution < 1.29 is 26.4 Å². The third-order valence-corrected chi connectivity index (χ3v) is 9.47. The molecule has 0 bridgehead atoms. The van der Waals surface area contributed by atoms with E-state index >= 15 is 0 Å². The summed E-state index contributed by atoms with van der Waals surface area (Å²) >= 11 is 0. The number of fused-ring (bicyclic) bond motifs is 1. The molecule has 0 unspecified atom stereocenters. The minimum Gasteiger partial charge on any atom is -0.495 e. The van der Waals surface area contributed by atoms with E-state index in [-0.39, 0.29) is 38.5 Å². The standard InChI is InChI=1S/C27H30N6O6S2/c1-6-29-18-11-13-20(17(2)15-18)30-25(26-31-21-9-7-8-10-24(21)41(37,38)33(26)4)27(34)32-22-16-19(40(35,36)28-3)12-14-23(22)39-5/h7-16,28-29H,6H2,1-5H3,(H,32,34)/b30-25-. The number of carbonyl (C=O) groups excluding carboxylic acids is 1. The Morgan fingerprint density at radius 3 is 2.49 bits per heavy atom. The number of sulfonamides is 2. The zero-order valence-electron chi connectivity index (χ0n) is 23.1. The molecule has 1 heterocycles. The van der Waals surface area contributed by atoms with E-state index < -0.39 is 26.0 Å². The predicted octanol–water partition coefficient (Wildman–Crippen LogP) is 3.42. The number of aryl methyl sites for hydroxylation is 1. The molecule has 3 aromatic carbocycles. The van der Waals surface area contributed by atoms with Crippen molar-refractivity contribution in [3.05, 3.63) is 66.2 Å². The molecule has 12 nitrogen and oxygen atoms in total. The summed E-state index contributed by atoms with van der Waals surface area (Å²) in [4.78, 5) is 22.8. The third kappa shape index (κ3) is 5.94. The van der Waals surface area contributed by atoms with Crippen LogP contribution in [0.2, 0.25) is 0 Å². The molecule has 0 atom stereocenters. The number of amides is 1. The number of carbonyl (C=O) groups is 1. The highest BCUT2D eigenvalue weighted by Gasteiger charge is 2.36. The largest absolute Gasteiger partial charge is 0.495 e. The van der Waals surface area contributed by atoms with Gasteiger partial charge in [-0.25, -0.2) is 31.5 Å². The van der Waals surface area contributed by atoms with Crippen molar-refractivity contribution in [2.75, 3.05) is 38.4 Å². The minimum atomic E-state index is -4.06. The number of para-hydroxylation sites is 1. The molecular formula is C27H30N6O6S2. The van der Waals surface area contributed by atoms with Crippen molar-refractivity contribution in [3.8, 4) is 5.75 Å². The summed E-state index contributed by atoms with van der Waals surface area (Å²) in [5, 5.41) is 5.84. The average Bonchev–Trinajstić information content (AvgIpc) is 2.95. The van der Waals surface area contributed by atoms with Crippen molar-refractivity contribution in [1.29, 1.82) is 0 Å². The molecule has 0 radical (unpaired) electrons. The van der Waals surface area contributed by atoms with E-state index in [0.717, 1.165) is 15.6 Å². The Kier molecular flexibility index (Phi) is 8.47. The van der Waals surface area contributed by atoms with Crippen LogP contribution in [-0.4, -0.2) is 66.3 Å². The van der Waals surface area contributed by atoms with E-state index in [1.807, 2.05) is 19.9 Å². The first-order valence-electron chi connectivity index (χ1n) is 12.5. The van der Waals surface area contributed by atoms with Gasteiger partial charge < -0.3 is 15.4 Å². The average molecular weight is 599 g/mol. The van der Waals surface area contributed by atoms with Gasteiger partial charge in [-0.05, 0) is 75.0 Å². The number of ether oxygens (including phenoxy) is 1. The fourth-order valence-electron chi connectivity index (χ4n) is 4.08. The zero-order chi connectivity index (χ0) is 29.9. The summed E-state index contributed by atoms with van der Waals surface area (Å²) in [5.74, 6) is -0.872. The van der Waals surface area contributed by atoms with Crippen LogP contribution in [0, 0.1) is 6.92 Å². The van der Waals surface area contributed by atoms with Crippen molar-refractivity contribution in [3.63, 3.8) is 0 Å². The summed E-state index contributed by atoms with van der Waals surface area (Å²) in [5.41, 5.74) is 1.85. The number of hydrogen-bond acceptors (Lipinski definition) is 9. The first-order valence-corrected chi connectivity index (χ1v) is 15.4. The Bertz CT molecular complexity index is 1790. The van der Waals surface area contributed by atoms with Gasteiger partial charge in [0.25, 0.3) is 15.9 Å². The quantitative estimate of drug-likeness (QED) is 0.318. The Morgan fingerprint density at radius 1 is 1.10 bits per heavy atom. The van der Waals surface area contributed by atoms with E-state index in [4.69, 9.17) is 4.74 Å². The molecule has 4 rings (SSSR count). The van der Waals surface area contributed by atoms with Gasteiger partial charge in [-0.3, -0.25) is 9.10 Å². The van der Waals surface area contributed by atoms with Crippen LogP contribution in [0.4, 0.5) is 22.7 Å². The minimum absolute atomic E-state index is 0.0103. The highest BCUT2D eigenvalue weighted by molar-refractivity contribution is 7.90. The molecular weight excluding hydrogens is 568 g/mol. The number of nitrogens with one attached hydrogen (secondary N) is 3. The second-order valence-electron chi connectivity index (χ2n) is 8.89. The number of methoxy groups -OCH3 is 1. The number of nitrogens with zero attached hydrogens (tertiary/aromatic N) is 3. The lowest BCUT2D eigenvalue weighted by Gasteiger charge is -2.27. The van der Waals surface area contributed by atoms with Crippen molar-refractivity contribution in [2.45, 2.75) is 23.6 Å². The Balaban J connectivity index is 1.89. The SMILES string of the molecule is CCNc1ccc(/N=C(\C(=O)Nc2cc(S(=O)(=O)NC)ccc2OC)C2=Nc3ccccc3S(=O)(=O)N2C)c(C)c1. The number of hydrogen-bond donors (Lipinski definition) is 3. The maximum atomic E-state index is 13.9. The van der Waals surface area contributed by atoms with Gasteiger partial charge in [-0.2, -0.15) is 0 Å². The fraction of sp³-hybridized carbons (Fsp3) is 0.222. The van der Waals surface area contributed by atoms with Crippen LogP contribution < -0.4 is 20.1 Å². The van der Waals surface area contributed by atoms with Gasteiger partial charge in [-0.15, -0.1) is 0 Å². The molecule has 0 fully saturated rings. The van der Waals surface area contributed by atoms with Crippen LogP contribution >= 0.6 is 0 Å². The van der Waals surface area contributed by atoms with Gasteiger partial charge in [0.2, 0.25) is 10.0 Å². The molecule has 41 heavy (non-hydrogen) atoms. The van der Waals surface area contributed by atoms with Gasteiger partial charge >= 0.3 is 0 Å². The van der Waals surface area contributed by atoms with E-state index in [9.17, 15) is 21.6 Å². The predicted molar refractivity (Wildman–Crippen MR) is 159 cm³/mol.